The lowest BCUT2D eigenvalue weighted by atomic mass is 9.70. The smallest absolute Gasteiger partial charge is 0.313 e. The Bertz CT molecular complexity index is 708. The topological polar surface area (TPSA) is 108 Å². The van der Waals surface area contributed by atoms with Crippen LogP contribution in [0.1, 0.15) is 57.8 Å². The number of rotatable bonds is 9. The number of anilines is 1. The number of thiazole rings is 1. The molecule has 2 heterocycles. The maximum atomic E-state index is 12.5. The zero-order valence-electron chi connectivity index (χ0n) is 16.5. The number of nitrogens with one attached hydrogen (secondary N) is 2. The minimum atomic E-state index is -0.873. The van der Waals surface area contributed by atoms with Gasteiger partial charge in [-0.15, -0.1) is 11.8 Å². The van der Waals surface area contributed by atoms with Crippen molar-refractivity contribution in [1.82, 2.24) is 10.3 Å². The third-order valence-corrected chi connectivity index (χ3v) is 8.03. The maximum absolute atomic E-state index is 12.5. The van der Waals surface area contributed by atoms with Crippen LogP contribution in [0.25, 0.3) is 0 Å². The molecule has 1 aliphatic carbocycles. The van der Waals surface area contributed by atoms with Crippen LogP contribution < -0.4 is 10.6 Å². The lowest BCUT2D eigenvalue weighted by molar-refractivity contribution is -0.134. The minimum absolute atomic E-state index is 0.0173. The highest BCUT2D eigenvalue weighted by molar-refractivity contribution is 8.01. The van der Waals surface area contributed by atoms with Crippen LogP contribution in [0, 0.1) is 17.8 Å². The summed E-state index contributed by atoms with van der Waals surface area (Å²) in [5.41, 5.74) is 0. The van der Waals surface area contributed by atoms with Gasteiger partial charge in [-0.25, -0.2) is 4.98 Å². The molecule has 0 spiro atoms. The van der Waals surface area contributed by atoms with Gasteiger partial charge >= 0.3 is 5.97 Å². The van der Waals surface area contributed by atoms with Gasteiger partial charge in [0.2, 0.25) is 11.8 Å². The van der Waals surface area contributed by atoms with Crippen LogP contribution in [0.3, 0.4) is 0 Å². The van der Waals surface area contributed by atoms with Gasteiger partial charge in [-0.3, -0.25) is 14.4 Å². The Kier molecular flexibility index (Phi) is 8.35. The summed E-state index contributed by atoms with van der Waals surface area (Å²) < 4.78 is 0.778. The molecule has 1 aromatic heterocycles. The molecule has 0 aromatic carbocycles. The number of carbonyl (C=O) groups is 3. The summed E-state index contributed by atoms with van der Waals surface area (Å²) in [7, 11) is 0. The standard InChI is InChI=1S/C20H29N3O4S2/c24-16-8-6-14(10-21-16)15(13-4-2-1-3-5-13)7-9-17(25)23-20-22-11-19(29-20)28-12-18(26)27/h11,13-15H,1-10,12H2,(H,21,24)(H,26,27)(H,22,23,25)/t14-,15?/m0/s1. The van der Waals surface area contributed by atoms with Gasteiger partial charge in [-0.1, -0.05) is 43.4 Å². The number of aliphatic carboxylic acids is 1. The summed E-state index contributed by atoms with van der Waals surface area (Å²) in [5.74, 6) is 0.784. The molecule has 160 valence electrons. The molecule has 3 rings (SSSR count). The van der Waals surface area contributed by atoms with Crippen molar-refractivity contribution in [1.29, 1.82) is 0 Å². The van der Waals surface area contributed by atoms with E-state index in [4.69, 9.17) is 5.11 Å². The third-order valence-electron chi connectivity index (χ3n) is 5.94. The molecular formula is C20H29N3O4S2. The molecule has 29 heavy (non-hydrogen) atoms. The van der Waals surface area contributed by atoms with E-state index in [0.717, 1.165) is 23.6 Å². The third kappa shape index (κ3) is 6.99. The number of hydrogen-bond acceptors (Lipinski definition) is 6. The number of nitrogens with zero attached hydrogens (tertiary/aromatic N) is 1. The molecule has 7 nitrogen and oxygen atoms in total. The van der Waals surface area contributed by atoms with Crippen molar-refractivity contribution in [3.63, 3.8) is 0 Å². The maximum Gasteiger partial charge on any atom is 0.313 e. The molecule has 2 fully saturated rings. The zero-order chi connectivity index (χ0) is 20.6. The number of carbonyl (C=O) groups excluding carboxylic acids is 2. The molecule has 2 amide bonds. The Balaban J connectivity index is 1.52. The molecule has 1 aromatic rings. The molecule has 1 unspecified atom stereocenters. The van der Waals surface area contributed by atoms with E-state index < -0.39 is 5.97 Å². The largest absolute Gasteiger partial charge is 0.481 e. The van der Waals surface area contributed by atoms with Crippen molar-refractivity contribution in [2.75, 3.05) is 17.6 Å². The van der Waals surface area contributed by atoms with Gasteiger partial charge in [-0.2, -0.15) is 0 Å². The Hall–Kier alpha value is -1.61. The number of piperidine rings is 1. The van der Waals surface area contributed by atoms with Crippen LogP contribution >= 0.6 is 23.1 Å². The average molecular weight is 440 g/mol. The van der Waals surface area contributed by atoms with E-state index in [1.54, 1.807) is 6.20 Å². The van der Waals surface area contributed by atoms with Crippen molar-refractivity contribution in [3.8, 4) is 0 Å². The van der Waals surface area contributed by atoms with Gasteiger partial charge in [0.1, 0.15) is 0 Å². The summed E-state index contributed by atoms with van der Waals surface area (Å²) >= 11 is 2.51. The summed E-state index contributed by atoms with van der Waals surface area (Å²) in [6.07, 6.45) is 10.7. The van der Waals surface area contributed by atoms with Crippen molar-refractivity contribution in [2.24, 2.45) is 17.8 Å². The van der Waals surface area contributed by atoms with Gasteiger partial charge in [0, 0.05) is 19.4 Å². The van der Waals surface area contributed by atoms with E-state index in [2.05, 4.69) is 15.6 Å². The lowest BCUT2D eigenvalue weighted by Crippen LogP contribution is -2.40. The van der Waals surface area contributed by atoms with Gasteiger partial charge in [0.25, 0.3) is 0 Å². The summed E-state index contributed by atoms with van der Waals surface area (Å²) in [5, 5.41) is 15.1. The summed E-state index contributed by atoms with van der Waals surface area (Å²) in [4.78, 5) is 38.9. The Morgan fingerprint density at radius 1 is 1.28 bits per heavy atom. The fourth-order valence-electron chi connectivity index (χ4n) is 4.53. The number of hydrogen-bond donors (Lipinski definition) is 3. The molecule has 3 N–H and O–H groups in total. The molecule has 2 atom stereocenters. The zero-order valence-corrected chi connectivity index (χ0v) is 18.2. The Morgan fingerprint density at radius 3 is 2.76 bits per heavy atom. The number of carboxylic acid groups (broad SMARTS) is 1. The first kappa shape index (κ1) is 22.1. The molecule has 9 heteroatoms. The van der Waals surface area contributed by atoms with Crippen LogP contribution in [0.15, 0.2) is 10.4 Å². The first-order valence-corrected chi connectivity index (χ1v) is 12.2. The van der Waals surface area contributed by atoms with Crippen molar-refractivity contribution < 1.29 is 19.5 Å². The SMILES string of the molecule is O=C(O)CSc1cnc(NC(=O)CCC(C2CCCCC2)[C@H]2CCC(=O)NC2)s1. The number of carboxylic acids is 1. The fraction of sp³-hybridized carbons (Fsp3) is 0.700. The first-order valence-electron chi connectivity index (χ1n) is 10.4. The quantitative estimate of drug-likeness (QED) is 0.506. The predicted molar refractivity (Wildman–Crippen MR) is 114 cm³/mol. The van der Waals surface area contributed by atoms with Crippen LogP contribution in [-0.2, 0) is 14.4 Å². The van der Waals surface area contributed by atoms with Crippen molar-refractivity contribution in [2.45, 2.75) is 62.0 Å². The van der Waals surface area contributed by atoms with E-state index in [1.807, 2.05) is 0 Å². The van der Waals surface area contributed by atoms with E-state index in [9.17, 15) is 14.4 Å². The molecular weight excluding hydrogens is 410 g/mol. The Labute approximate surface area is 179 Å². The molecule has 2 aliphatic rings. The van der Waals surface area contributed by atoms with Crippen LogP contribution in [-0.4, -0.2) is 40.2 Å². The summed E-state index contributed by atoms with van der Waals surface area (Å²) in [6, 6.07) is 0. The van der Waals surface area contributed by atoms with Crippen LogP contribution in [0.5, 0.6) is 0 Å². The number of aromatic nitrogens is 1. The Morgan fingerprint density at radius 2 is 2.07 bits per heavy atom. The molecule has 0 radical (unpaired) electrons. The average Bonchev–Trinajstić information content (AvgIpc) is 3.16. The molecule has 1 aliphatic heterocycles. The number of thioether (sulfide) groups is 1. The first-order chi connectivity index (χ1) is 14.0. The summed E-state index contributed by atoms with van der Waals surface area (Å²) in [6.45, 7) is 0.734. The second kappa shape index (κ2) is 11.0. The van der Waals surface area contributed by atoms with Gasteiger partial charge in [0.05, 0.1) is 16.2 Å². The van der Waals surface area contributed by atoms with Crippen molar-refractivity contribution >= 4 is 46.0 Å². The predicted octanol–water partition coefficient (Wildman–Crippen LogP) is 3.76. The van der Waals surface area contributed by atoms with Gasteiger partial charge < -0.3 is 15.7 Å². The van der Waals surface area contributed by atoms with E-state index in [0.29, 0.717) is 35.7 Å². The lowest BCUT2D eigenvalue weighted by Gasteiger charge is -2.37. The minimum Gasteiger partial charge on any atom is -0.481 e. The van der Waals surface area contributed by atoms with Gasteiger partial charge in [0.15, 0.2) is 5.13 Å². The highest BCUT2D eigenvalue weighted by Gasteiger charge is 2.33. The highest BCUT2D eigenvalue weighted by Crippen LogP contribution is 2.39. The molecule has 0 bridgehead atoms. The van der Waals surface area contributed by atoms with E-state index in [-0.39, 0.29) is 17.6 Å². The molecule has 1 saturated heterocycles. The van der Waals surface area contributed by atoms with Crippen LogP contribution in [0.2, 0.25) is 0 Å². The molecule has 1 saturated carbocycles. The highest BCUT2D eigenvalue weighted by atomic mass is 32.2. The normalized spacial score (nSPS) is 21.4. The second-order valence-corrected chi connectivity index (χ2v) is 10.2. The van der Waals surface area contributed by atoms with Crippen molar-refractivity contribution in [3.05, 3.63) is 6.20 Å². The van der Waals surface area contributed by atoms with E-state index >= 15 is 0 Å². The van der Waals surface area contributed by atoms with E-state index in [1.165, 1.54) is 55.2 Å². The number of amides is 2. The fourth-order valence-corrected chi connectivity index (χ4v) is 6.14. The monoisotopic (exact) mass is 439 g/mol. The second-order valence-electron chi connectivity index (χ2n) is 7.92. The van der Waals surface area contributed by atoms with Gasteiger partial charge in [-0.05, 0) is 30.6 Å². The van der Waals surface area contributed by atoms with Crippen LogP contribution in [0.4, 0.5) is 5.13 Å².